The van der Waals surface area contributed by atoms with Crippen LogP contribution in [-0.2, 0) is 4.57 Å². The van der Waals surface area contributed by atoms with Gasteiger partial charge in [-0.3, -0.25) is 0 Å². The zero-order valence-corrected chi connectivity index (χ0v) is 13.3. The summed E-state index contributed by atoms with van der Waals surface area (Å²) in [5.74, 6) is 0. The zero-order valence-electron chi connectivity index (χ0n) is 5.32. The van der Waals surface area contributed by atoms with E-state index in [0.717, 1.165) is 0 Å². The molecular formula is H3CaLiMgO4PSr+7. The summed E-state index contributed by atoms with van der Waals surface area (Å²) in [6.07, 6.45) is 0. The number of rotatable bonds is 0. The minimum atomic E-state index is -4.64. The summed E-state index contributed by atoms with van der Waals surface area (Å²) in [5.41, 5.74) is 0. The molecule has 0 aromatic rings. The smallest absolute Gasteiger partial charge is 0.303 e. The summed E-state index contributed by atoms with van der Waals surface area (Å²) in [6.45, 7) is 0. The minimum Gasteiger partial charge on any atom is -0.303 e. The molecule has 32 valence electrons. The van der Waals surface area contributed by atoms with E-state index in [9.17, 15) is 0 Å². The molecule has 0 aliphatic carbocycles. The van der Waals surface area contributed by atoms with Crippen molar-refractivity contribution in [3.8, 4) is 0 Å². The topological polar surface area (TPSA) is 77.8 Å². The summed E-state index contributed by atoms with van der Waals surface area (Å²) >= 11 is 0. The summed E-state index contributed by atoms with van der Waals surface area (Å²) < 4.78 is 8.88. The Kier molecular flexibility index (Phi) is 47.8. The van der Waals surface area contributed by atoms with E-state index in [4.69, 9.17) is 19.2 Å². The molecule has 0 unspecified atom stereocenters. The van der Waals surface area contributed by atoms with Gasteiger partial charge in [-0.15, -0.1) is 0 Å². The predicted molar refractivity (Wildman–Crippen MR) is 31.5 cm³/mol. The number of hydrogen-bond donors (Lipinski definition) is 3. The van der Waals surface area contributed by atoms with E-state index in [1.807, 2.05) is 0 Å². The first kappa shape index (κ1) is 29.2. The maximum Gasteiger partial charge on any atom is 2.00 e. The molecule has 3 N–H and O–H groups in total. The molecule has 0 aromatic carbocycles. The van der Waals surface area contributed by atoms with Crippen LogP contribution in [0.4, 0.5) is 0 Å². The summed E-state index contributed by atoms with van der Waals surface area (Å²) in [5, 5.41) is 0. The van der Waals surface area contributed by atoms with Crippen LogP contribution in [0, 0.1) is 0 Å². The van der Waals surface area contributed by atoms with Crippen molar-refractivity contribution in [2.24, 2.45) is 0 Å². The molecule has 0 fully saturated rings. The van der Waals surface area contributed by atoms with Gasteiger partial charge < -0.3 is 14.7 Å². The van der Waals surface area contributed by atoms with Gasteiger partial charge in [0.1, 0.15) is 0 Å². The van der Waals surface area contributed by atoms with Gasteiger partial charge in [0.2, 0.25) is 0 Å². The van der Waals surface area contributed by atoms with Crippen LogP contribution < -0.4 is 18.9 Å². The molecule has 0 aliphatic heterocycles. The van der Waals surface area contributed by atoms with Gasteiger partial charge in [-0.05, 0) is 0 Å². The van der Waals surface area contributed by atoms with Crippen LogP contribution in [0.25, 0.3) is 0 Å². The quantitative estimate of drug-likeness (QED) is 0.300. The standard InChI is InChI=1S/Ca.Li.Mg.H3O4P.Sr/c;;;1-5(2,3)4;/h;;;(H3,1,2,3,4);/q+2;+1;+2;;+2. The summed E-state index contributed by atoms with van der Waals surface area (Å²) in [7, 11) is -4.64. The van der Waals surface area contributed by atoms with Crippen LogP contribution in [-0.4, -0.2) is 121 Å². The molecule has 0 spiro atoms. The molecule has 0 bridgehead atoms. The van der Waals surface area contributed by atoms with E-state index in [0.29, 0.717) is 0 Å². The normalized spacial score (nSPS) is 6.56. The molecule has 0 saturated heterocycles. The molecule has 0 saturated carbocycles. The Morgan fingerprint density at radius 2 is 1.11 bits per heavy atom. The van der Waals surface area contributed by atoms with Crippen molar-refractivity contribution in [1.82, 2.24) is 0 Å². The van der Waals surface area contributed by atoms with Gasteiger partial charge in [0.05, 0.1) is 0 Å². The fourth-order valence-electron chi connectivity index (χ4n) is 0. The van der Waals surface area contributed by atoms with Crippen molar-refractivity contribution in [2.75, 3.05) is 0 Å². The number of phosphoric acid groups is 1. The first-order valence-electron chi connectivity index (χ1n) is 0.783. The average molecular weight is 257 g/mol. The molecule has 0 aliphatic rings. The van der Waals surface area contributed by atoms with Crippen LogP contribution in [0.1, 0.15) is 0 Å². The van der Waals surface area contributed by atoms with Crippen LogP contribution >= 0.6 is 7.82 Å². The van der Waals surface area contributed by atoms with E-state index in [2.05, 4.69) is 0 Å². The molecule has 0 aromatic heterocycles. The van der Waals surface area contributed by atoms with Gasteiger partial charge in [-0.2, -0.15) is 0 Å². The van der Waals surface area contributed by atoms with Crippen molar-refractivity contribution in [2.45, 2.75) is 0 Å². The Balaban J connectivity index is -0.0000000133. The summed E-state index contributed by atoms with van der Waals surface area (Å²) in [6, 6.07) is 0. The third-order valence-corrected chi connectivity index (χ3v) is 0. The second kappa shape index (κ2) is 14.7. The second-order valence-corrected chi connectivity index (χ2v) is 1.54. The third-order valence-electron chi connectivity index (χ3n) is 0. The Morgan fingerprint density at radius 1 is 1.11 bits per heavy atom. The van der Waals surface area contributed by atoms with Crippen LogP contribution in [0.5, 0.6) is 0 Å². The van der Waals surface area contributed by atoms with Gasteiger partial charge in [-0.1, -0.05) is 0 Å². The maximum atomic E-state index is 8.88. The van der Waals surface area contributed by atoms with Crippen LogP contribution in [0.15, 0.2) is 0 Å². The summed E-state index contributed by atoms with van der Waals surface area (Å²) in [4.78, 5) is 21.6. The minimum absolute atomic E-state index is 0. The van der Waals surface area contributed by atoms with Gasteiger partial charge in [-0.25, -0.2) is 4.57 Å². The van der Waals surface area contributed by atoms with Gasteiger partial charge in [0, 0.05) is 0 Å². The third kappa shape index (κ3) is 71.8. The first-order chi connectivity index (χ1) is 2.00. The molecule has 0 atom stereocenters. The Labute approximate surface area is 148 Å². The molecule has 0 radical (unpaired) electrons. The van der Waals surface area contributed by atoms with Crippen molar-refractivity contribution in [3.05, 3.63) is 0 Å². The van der Waals surface area contributed by atoms with E-state index >= 15 is 0 Å². The van der Waals surface area contributed by atoms with Gasteiger partial charge in [0.15, 0.2) is 0 Å². The van der Waals surface area contributed by atoms with E-state index in [1.54, 1.807) is 0 Å². The Hall–Kier alpha value is 4.21. The van der Waals surface area contributed by atoms with Gasteiger partial charge >= 0.3 is 133 Å². The largest absolute Gasteiger partial charge is 2.00 e. The molecule has 4 nitrogen and oxygen atoms in total. The molecule has 0 heterocycles. The average Bonchev–Trinajstić information content (AvgIpc) is 0.722. The monoisotopic (exact) mass is 257 g/mol. The van der Waals surface area contributed by atoms with E-state index in [1.165, 1.54) is 0 Å². The van der Waals surface area contributed by atoms with Crippen molar-refractivity contribution >= 4 is 114 Å². The second-order valence-electron chi connectivity index (χ2n) is 0.513. The zero-order chi connectivity index (χ0) is 4.50. The Morgan fingerprint density at radius 3 is 1.11 bits per heavy atom. The molecule has 0 amide bonds. The van der Waals surface area contributed by atoms with Crippen molar-refractivity contribution < 1.29 is 38.1 Å². The molecular weight excluding hydrogens is 254 g/mol. The molecule has 9 heavy (non-hydrogen) atoms. The first-order valence-corrected chi connectivity index (χ1v) is 2.35. The fraction of sp³-hybridized carbons (Fsp3) is 0. The molecule has 9 heteroatoms. The van der Waals surface area contributed by atoms with Gasteiger partial charge in [0.25, 0.3) is 0 Å². The maximum absolute atomic E-state index is 8.88. The number of hydrogen-bond acceptors (Lipinski definition) is 1. The van der Waals surface area contributed by atoms with Crippen LogP contribution in [0.2, 0.25) is 0 Å². The van der Waals surface area contributed by atoms with Crippen molar-refractivity contribution in [1.29, 1.82) is 0 Å². The van der Waals surface area contributed by atoms with E-state index in [-0.39, 0.29) is 125 Å². The van der Waals surface area contributed by atoms with E-state index < -0.39 is 7.82 Å². The van der Waals surface area contributed by atoms with Crippen molar-refractivity contribution in [3.63, 3.8) is 0 Å². The van der Waals surface area contributed by atoms with Crippen LogP contribution in [0.3, 0.4) is 0 Å². The fourth-order valence-corrected chi connectivity index (χ4v) is 0. The Bertz CT molecular complexity index is 66.7. The predicted octanol–water partition coefficient (Wildman–Crippen LogP) is -5.07. The molecule has 0 rings (SSSR count). The SMILES string of the molecule is O=P(O)(O)O.[Ca+2].[Li+].[Mg+2].[Sr+2].